The van der Waals surface area contributed by atoms with Crippen LogP contribution in [0.4, 0.5) is 0 Å². The molecule has 0 amide bonds. The van der Waals surface area contributed by atoms with E-state index in [1.807, 2.05) is 13.8 Å². The molecule has 0 aromatic rings. The van der Waals surface area contributed by atoms with Crippen molar-refractivity contribution in [3.8, 4) is 0 Å². The Bertz CT molecular complexity index is 321. The SMILES string of the molecule is C=CCS(=O)(=O)N[C@@H](CC(C)C)C(=O)O. The van der Waals surface area contributed by atoms with Gasteiger partial charge in [0.1, 0.15) is 6.04 Å². The van der Waals surface area contributed by atoms with Gasteiger partial charge in [0.25, 0.3) is 0 Å². The molecule has 0 spiro atoms. The molecule has 0 heterocycles. The number of aliphatic carboxylic acids is 1. The summed E-state index contributed by atoms with van der Waals surface area (Å²) in [5, 5.41) is 8.80. The van der Waals surface area contributed by atoms with Gasteiger partial charge < -0.3 is 5.11 Å². The third-order valence-corrected chi connectivity index (χ3v) is 2.98. The van der Waals surface area contributed by atoms with Crippen molar-refractivity contribution in [1.29, 1.82) is 0 Å². The maximum absolute atomic E-state index is 11.3. The minimum Gasteiger partial charge on any atom is -0.480 e. The molecule has 2 N–H and O–H groups in total. The Morgan fingerprint density at radius 2 is 2.07 bits per heavy atom. The molecule has 0 unspecified atom stereocenters. The van der Waals surface area contributed by atoms with Crippen LogP contribution in [0.2, 0.25) is 0 Å². The van der Waals surface area contributed by atoms with Crippen molar-refractivity contribution in [2.24, 2.45) is 5.92 Å². The van der Waals surface area contributed by atoms with E-state index < -0.39 is 22.0 Å². The first kappa shape index (κ1) is 14.1. The Hall–Kier alpha value is -0.880. The van der Waals surface area contributed by atoms with Crippen molar-refractivity contribution >= 4 is 16.0 Å². The van der Waals surface area contributed by atoms with E-state index in [-0.39, 0.29) is 18.1 Å². The van der Waals surface area contributed by atoms with Gasteiger partial charge in [0, 0.05) is 0 Å². The highest BCUT2D eigenvalue weighted by Crippen LogP contribution is 2.06. The van der Waals surface area contributed by atoms with E-state index in [2.05, 4.69) is 11.3 Å². The van der Waals surface area contributed by atoms with Crippen LogP contribution in [0.5, 0.6) is 0 Å². The van der Waals surface area contributed by atoms with E-state index in [9.17, 15) is 13.2 Å². The van der Waals surface area contributed by atoms with Gasteiger partial charge in [-0.1, -0.05) is 19.9 Å². The van der Waals surface area contributed by atoms with Crippen LogP contribution in [-0.2, 0) is 14.8 Å². The standard InChI is InChI=1S/C9H17NO4S/c1-4-5-15(13,14)10-8(9(11)12)6-7(2)3/h4,7-8,10H,1,5-6H2,2-3H3,(H,11,12)/t8-/m0/s1. The first-order chi connectivity index (χ1) is 6.78. The predicted molar refractivity (Wildman–Crippen MR) is 58.0 cm³/mol. The average molecular weight is 235 g/mol. The highest BCUT2D eigenvalue weighted by atomic mass is 32.2. The Labute approximate surface area is 90.2 Å². The molecule has 0 fully saturated rings. The molecular formula is C9H17NO4S. The minimum atomic E-state index is -3.57. The van der Waals surface area contributed by atoms with Gasteiger partial charge in [-0.25, -0.2) is 13.1 Å². The van der Waals surface area contributed by atoms with Crippen LogP contribution in [0, 0.1) is 5.92 Å². The number of carboxylic acids is 1. The molecule has 5 nitrogen and oxygen atoms in total. The quantitative estimate of drug-likeness (QED) is 0.633. The summed E-state index contributed by atoms with van der Waals surface area (Å²) in [5.41, 5.74) is 0. The molecule has 88 valence electrons. The number of carbonyl (C=O) groups is 1. The number of sulfonamides is 1. The van der Waals surface area contributed by atoms with Crippen molar-refractivity contribution in [3.63, 3.8) is 0 Å². The van der Waals surface area contributed by atoms with Crippen LogP contribution < -0.4 is 4.72 Å². The molecule has 0 radical (unpaired) electrons. The minimum absolute atomic E-state index is 0.109. The fourth-order valence-corrected chi connectivity index (χ4v) is 2.13. The predicted octanol–water partition coefficient (Wildman–Crippen LogP) is 0.591. The summed E-state index contributed by atoms with van der Waals surface area (Å²) in [6.45, 7) is 6.95. The summed E-state index contributed by atoms with van der Waals surface area (Å²) in [4.78, 5) is 10.8. The van der Waals surface area contributed by atoms with Gasteiger partial charge in [-0.05, 0) is 12.3 Å². The molecule has 6 heteroatoms. The maximum atomic E-state index is 11.3. The number of hydrogen-bond acceptors (Lipinski definition) is 3. The molecule has 0 rings (SSSR count). The summed E-state index contributed by atoms with van der Waals surface area (Å²) in [7, 11) is -3.57. The Balaban J connectivity index is 4.54. The van der Waals surface area contributed by atoms with E-state index >= 15 is 0 Å². The zero-order chi connectivity index (χ0) is 12.1. The fourth-order valence-electron chi connectivity index (χ4n) is 1.09. The van der Waals surface area contributed by atoms with Crippen LogP contribution in [0.3, 0.4) is 0 Å². The number of hydrogen-bond donors (Lipinski definition) is 2. The first-order valence-electron chi connectivity index (χ1n) is 4.62. The lowest BCUT2D eigenvalue weighted by Gasteiger charge is -2.15. The Morgan fingerprint density at radius 1 is 1.53 bits per heavy atom. The lowest BCUT2D eigenvalue weighted by molar-refractivity contribution is -0.139. The van der Waals surface area contributed by atoms with Crippen LogP contribution >= 0.6 is 0 Å². The molecule has 15 heavy (non-hydrogen) atoms. The average Bonchev–Trinajstić information content (AvgIpc) is 2.00. The summed E-state index contributed by atoms with van der Waals surface area (Å²) >= 11 is 0. The van der Waals surface area contributed by atoms with Gasteiger partial charge in [0.2, 0.25) is 10.0 Å². The van der Waals surface area contributed by atoms with Gasteiger partial charge in [0.15, 0.2) is 0 Å². The van der Waals surface area contributed by atoms with E-state index in [0.29, 0.717) is 0 Å². The second-order valence-electron chi connectivity index (χ2n) is 3.71. The summed E-state index contributed by atoms with van der Waals surface area (Å²) < 4.78 is 24.7. The van der Waals surface area contributed by atoms with Crippen molar-refractivity contribution in [1.82, 2.24) is 4.72 Å². The van der Waals surface area contributed by atoms with Crippen molar-refractivity contribution in [2.45, 2.75) is 26.3 Å². The monoisotopic (exact) mass is 235 g/mol. The molecule has 0 aromatic carbocycles. The third kappa shape index (κ3) is 6.24. The molecule has 0 saturated heterocycles. The lowest BCUT2D eigenvalue weighted by Crippen LogP contribution is -2.42. The van der Waals surface area contributed by atoms with Gasteiger partial charge in [-0.3, -0.25) is 4.79 Å². The van der Waals surface area contributed by atoms with Crippen molar-refractivity contribution < 1.29 is 18.3 Å². The Morgan fingerprint density at radius 3 is 2.40 bits per heavy atom. The number of carboxylic acid groups (broad SMARTS) is 1. The highest BCUT2D eigenvalue weighted by molar-refractivity contribution is 7.89. The number of nitrogens with one attached hydrogen (secondary N) is 1. The highest BCUT2D eigenvalue weighted by Gasteiger charge is 2.23. The summed E-state index contributed by atoms with van der Waals surface area (Å²) in [6.07, 6.45) is 1.49. The van der Waals surface area contributed by atoms with Crippen LogP contribution in [0.1, 0.15) is 20.3 Å². The molecule has 0 aliphatic heterocycles. The van der Waals surface area contributed by atoms with Gasteiger partial charge in [-0.2, -0.15) is 0 Å². The second kappa shape index (κ2) is 5.87. The maximum Gasteiger partial charge on any atom is 0.321 e. The fraction of sp³-hybridized carbons (Fsp3) is 0.667. The molecule has 0 bridgehead atoms. The van der Waals surface area contributed by atoms with E-state index in [1.165, 1.54) is 6.08 Å². The second-order valence-corrected chi connectivity index (χ2v) is 5.51. The van der Waals surface area contributed by atoms with Crippen LogP contribution in [0.15, 0.2) is 12.7 Å². The molecular weight excluding hydrogens is 218 g/mol. The normalized spacial score (nSPS) is 13.8. The van der Waals surface area contributed by atoms with Crippen molar-refractivity contribution in [3.05, 3.63) is 12.7 Å². The van der Waals surface area contributed by atoms with Crippen LogP contribution in [-0.4, -0.2) is 31.3 Å². The van der Waals surface area contributed by atoms with E-state index in [4.69, 9.17) is 5.11 Å². The van der Waals surface area contributed by atoms with Gasteiger partial charge >= 0.3 is 5.97 Å². The van der Waals surface area contributed by atoms with Crippen LogP contribution in [0.25, 0.3) is 0 Å². The molecule has 0 aromatic heterocycles. The van der Waals surface area contributed by atoms with Crippen molar-refractivity contribution in [2.75, 3.05) is 5.75 Å². The largest absolute Gasteiger partial charge is 0.480 e. The first-order valence-corrected chi connectivity index (χ1v) is 6.27. The zero-order valence-electron chi connectivity index (χ0n) is 8.93. The Kier molecular flexibility index (Phi) is 5.53. The summed E-state index contributed by atoms with van der Waals surface area (Å²) in [6, 6.07) is -1.06. The molecule has 0 aliphatic rings. The smallest absolute Gasteiger partial charge is 0.321 e. The summed E-state index contributed by atoms with van der Waals surface area (Å²) in [5.74, 6) is -1.32. The molecule has 0 saturated carbocycles. The van der Waals surface area contributed by atoms with Gasteiger partial charge in [-0.15, -0.1) is 6.58 Å². The van der Waals surface area contributed by atoms with E-state index in [0.717, 1.165) is 0 Å². The molecule has 1 atom stereocenters. The number of rotatable bonds is 7. The van der Waals surface area contributed by atoms with Gasteiger partial charge in [0.05, 0.1) is 5.75 Å². The lowest BCUT2D eigenvalue weighted by atomic mass is 10.1. The zero-order valence-corrected chi connectivity index (χ0v) is 9.75. The third-order valence-electron chi connectivity index (χ3n) is 1.66. The molecule has 0 aliphatic carbocycles. The van der Waals surface area contributed by atoms with E-state index in [1.54, 1.807) is 0 Å². The topological polar surface area (TPSA) is 83.5 Å².